The van der Waals surface area contributed by atoms with Crippen LogP contribution in [-0.2, 0) is 10.4 Å². The summed E-state index contributed by atoms with van der Waals surface area (Å²) in [7, 11) is 1.51. The molecule has 0 unspecified atom stereocenters. The number of anilines is 1. The van der Waals surface area contributed by atoms with Crippen molar-refractivity contribution in [3.8, 4) is 35.2 Å². The molecule has 53 heavy (non-hydrogen) atoms. The number of hydrogen-bond donors (Lipinski definition) is 2. The van der Waals surface area contributed by atoms with Crippen LogP contribution < -0.4 is 9.64 Å². The zero-order valence-electron chi connectivity index (χ0n) is 29.9. The summed E-state index contributed by atoms with van der Waals surface area (Å²) in [5.41, 5.74) is -2.60. The van der Waals surface area contributed by atoms with Gasteiger partial charge in [0.05, 0.1) is 16.7 Å². The Kier molecular flexibility index (Phi) is 9.06. The van der Waals surface area contributed by atoms with Crippen molar-refractivity contribution in [1.29, 1.82) is 0 Å². The maximum Gasteiger partial charge on any atom is 0.319 e. The third-order valence-electron chi connectivity index (χ3n) is 11.1. The van der Waals surface area contributed by atoms with Gasteiger partial charge in [-0.2, -0.15) is 9.97 Å². The molecule has 1 amide bonds. The summed E-state index contributed by atoms with van der Waals surface area (Å²) in [6.45, 7) is 7.85. The van der Waals surface area contributed by atoms with E-state index in [4.69, 9.17) is 11.2 Å². The van der Waals surface area contributed by atoms with Crippen LogP contribution in [0.5, 0.6) is 11.8 Å². The van der Waals surface area contributed by atoms with E-state index in [9.17, 15) is 15.0 Å². The predicted molar refractivity (Wildman–Crippen MR) is 194 cm³/mol. The number of carbonyl (C=O) groups is 1. The lowest BCUT2D eigenvalue weighted by molar-refractivity contribution is -0.130. The standard InChI is InChI=1S/C40H41F4N5O4/c1-6-25-29(41)11-10-23-18-24(50)19-26(32(23)25)33-28(38(3,4)52)20-27-35(34(33)42)45-37(53-22-39-12-8-15-48(39)16-9-13-39)46-36(27)47(5)21-30-40(43,44)14-17-49(30)31(51)7-2/h1,7,10-11,18-20,30,50,52H,2,8-9,12-17,21-22H2,3-5H3/t30-/m1/s1. The molecule has 0 bridgehead atoms. The van der Waals surface area contributed by atoms with Crippen molar-refractivity contribution in [2.24, 2.45) is 0 Å². The zero-order valence-corrected chi connectivity index (χ0v) is 29.9. The maximum atomic E-state index is 17.6. The summed E-state index contributed by atoms with van der Waals surface area (Å²) in [6.07, 6.45) is 10.0. The number of ether oxygens (including phenoxy) is 1. The van der Waals surface area contributed by atoms with Crippen LogP contribution in [0.2, 0.25) is 0 Å². The van der Waals surface area contributed by atoms with Gasteiger partial charge in [-0.25, -0.2) is 17.6 Å². The first-order valence-electron chi connectivity index (χ1n) is 17.7. The summed E-state index contributed by atoms with van der Waals surface area (Å²) in [5, 5.41) is 22.9. The first kappa shape index (κ1) is 36.4. The number of aliphatic hydroxyl groups is 1. The Balaban J connectivity index is 1.46. The number of amides is 1. The van der Waals surface area contributed by atoms with Crippen molar-refractivity contribution in [3.63, 3.8) is 0 Å². The molecule has 9 nitrogen and oxygen atoms in total. The van der Waals surface area contributed by atoms with Crippen molar-refractivity contribution in [1.82, 2.24) is 19.8 Å². The van der Waals surface area contributed by atoms with Gasteiger partial charge >= 0.3 is 6.01 Å². The largest absolute Gasteiger partial charge is 0.508 e. The van der Waals surface area contributed by atoms with Crippen LogP contribution in [0.3, 0.4) is 0 Å². The summed E-state index contributed by atoms with van der Waals surface area (Å²) in [5.74, 6) is -3.47. The van der Waals surface area contributed by atoms with Crippen LogP contribution in [-0.4, -0.2) is 93.2 Å². The van der Waals surface area contributed by atoms with Crippen molar-refractivity contribution >= 4 is 33.4 Å². The second kappa shape index (κ2) is 13.2. The lowest BCUT2D eigenvalue weighted by Crippen LogP contribution is -2.48. The molecular formula is C40H41F4N5O4. The number of phenols is 1. The van der Waals surface area contributed by atoms with Gasteiger partial charge in [0.15, 0.2) is 5.82 Å². The molecule has 3 aromatic carbocycles. The average molecular weight is 732 g/mol. The van der Waals surface area contributed by atoms with Crippen LogP contribution in [0, 0.1) is 24.0 Å². The third-order valence-corrected chi connectivity index (χ3v) is 11.1. The Morgan fingerprint density at radius 1 is 1.15 bits per heavy atom. The number of phenolic OH excluding ortho intramolecular Hbond substituents is 1. The van der Waals surface area contributed by atoms with E-state index in [0.717, 1.165) is 55.8 Å². The van der Waals surface area contributed by atoms with Gasteiger partial charge in [-0.1, -0.05) is 18.6 Å². The van der Waals surface area contributed by atoms with Gasteiger partial charge in [-0.05, 0) is 99.5 Å². The number of benzene rings is 3. The number of hydrogen-bond acceptors (Lipinski definition) is 8. The lowest BCUT2D eigenvalue weighted by Gasteiger charge is -2.33. The smallest absolute Gasteiger partial charge is 0.319 e. The van der Waals surface area contributed by atoms with E-state index in [1.54, 1.807) is 0 Å². The van der Waals surface area contributed by atoms with E-state index in [1.807, 2.05) is 0 Å². The fourth-order valence-corrected chi connectivity index (χ4v) is 8.49. The van der Waals surface area contributed by atoms with Gasteiger partial charge in [-0.3, -0.25) is 9.69 Å². The average Bonchev–Trinajstić information content (AvgIpc) is 3.78. The third kappa shape index (κ3) is 6.21. The fraction of sp³-hybridized carbons (Fsp3) is 0.425. The van der Waals surface area contributed by atoms with Gasteiger partial charge < -0.3 is 24.7 Å². The number of aromatic hydroxyl groups is 1. The van der Waals surface area contributed by atoms with Crippen LogP contribution in [0.15, 0.2) is 43.0 Å². The molecule has 0 aliphatic carbocycles. The monoisotopic (exact) mass is 731 g/mol. The number of fused-ring (bicyclic) bond motifs is 3. The summed E-state index contributed by atoms with van der Waals surface area (Å²) < 4.78 is 69.7. The number of carbonyl (C=O) groups excluding carboxylic acids is 1. The van der Waals surface area contributed by atoms with E-state index in [0.29, 0.717) is 5.39 Å². The van der Waals surface area contributed by atoms with E-state index in [2.05, 4.69) is 27.4 Å². The minimum Gasteiger partial charge on any atom is -0.508 e. The van der Waals surface area contributed by atoms with E-state index in [1.165, 1.54) is 50.1 Å². The summed E-state index contributed by atoms with van der Waals surface area (Å²) >= 11 is 0. The summed E-state index contributed by atoms with van der Waals surface area (Å²) in [6, 6.07) is 4.90. The molecule has 0 radical (unpaired) electrons. The second-order valence-corrected chi connectivity index (χ2v) is 14.9. The number of halogens is 4. The minimum absolute atomic E-state index is 0.00894. The number of rotatable bonds is 9. The van der Waals surface area contributed by atoms with Crippen LogP contribution in [0.25, 0.3) is 32.8 Å². The Morgan fingerprint density at radius 2 is 1.87 bits per heavy atom. The molecule has 0 spiro atoms. The number of likely N-dealkylation sites (N-methyl/N-ethyl adjacent to an activating group) is 1. The Morgan fingerprint density at radius 3 is 2.53 bits per heavy atom. The topological polar surface area (TPSA) is 102 Å². The fourth-order valence-electron chi connectivity index (χ4n) is 8.49. The van der Waals surface area contributed by atoms with Gasteiger partial charge in [0.1, 0.15) is 35.6 Å². The number of likely N-dealkylation sites (tertiary alicyclic amines) is 1. The highest BCUT2D eigenvalue weighted by atomic mass is 19.3. The lowest BCUT2D eigenvalue weighted by atomic mass is 9.84. The molecule has 3 aliphatic rings. The first-order valence-corrected chi connectivity index (χ1v) is 17.7. The molecule has 3 aliphatic heterocycles. The highest BCUT2D eigenvalue weighted by molar-refractivity contribution is 6.05. The highest BCUT2D eigenvalue weighted by Crippen LogP contribution is 2.46. The number of nitrogens with zero attached hydrogens (tertiary/aromatic N) is 5. The second-order valence-electron chi connectivity index (χ2n) is 14.9. The van der Waals surface area contributed by atoms with Gasteiger partial charge in [-0.15, -0.1) is 6.42 Å². The Bertz CT molecular complexity index is 2190. The molecule has 278 valence electrons. The highest BCUT2D eigenvalue weighted by Gasteiger charge is 2.51. The first-order chi connectivity index (χ1) is 25.1. The van der Waals surface area contributed by atoms with Crippen LogP contribution in [0.4, 0.5) is 23.4 Å². The van der Waals surface area contributed by atoms with E-state index < -0.39 is 41.5 Å². The molecule has 3 saturated heterocycles. The van der Waals surface area contributed by atoms with Crippen molar-refractivity contribution in [2.45, 2.75) is 69.1 Å². The van der Waals surface area contributed by atoms with Gasteiger partial charge in [0, 0.05) is 42.9 Å². The molecule has 4 heterocycles. The van der Waals surface area contributed by atoms with E-state index >= 15 is 17.6 Å². The molecule has 2 N–H and O–H groups in total. The molecule has 3 fully saturated rings. The van der Waals surface area contributed by atoms with Crippen LogP contribution in [0.1, 0.15) is 57.1 Å². The molecule has 1 atom stereocenters. The van der Waals surface area contributed by atoms with Gasteiger partial charge in [0.2, 0.25) is 5.91 Å². The molecule has 7 rings (SSSR count). The Hall–Kier alpha value is -4.93. The predicted octanol–water partition coefficient (Wildman–Crippen LogP) is 6.51. The van der Waals surface area contributed by atoms with Crippen LogP contribution >= 0.6 is 0 Å². The minimum atomic E-state index is -3.24. The quantitative estimate of drug-likeness (QED) is 0.114. The van der Waals surface area contributed by atoms with E-state index in [-0.39, 0.29) is 81.4 Å². The summed E-state index contributed by atoms with van der Waals surface area (Å²) in [4.78, 5) is 26.7. The molecule has 13 heteroatoms. The number of aromatic nitrogens is 2. The number of alkyl halides is 2. The zero-order chi connectivity index (χ0) is 38.0. The molecule has 0 saturated carbocycles. The molecule has 1 aromatic heterocycles. The number of terminal acetylenes is 1. The van der Waals surface area contributed by atoms with Crippen molar-refractivity contribution in [3.05, 3.63) is 65.7 Å². The van der Waals surface area contributed by atoms with Gasteiger partial charge in [0.25, 0.3) is 5.92 Å². The molecule has 4 aromatic rings. The van der Waals surface area contributed by atoms with Crippen molar-refractivity contribution in [2.75, 3.05) is 44.7 Å². The van der Waals surface area contributed by atoms with Crippen molar-refractivity contribution < 1.29 is 37.3 Å². The Labute approximate surface area is 304 Å². The molecular weight excluding hydrogens is 690 g/mol. The normalized spacial score (nSPS) is 19.5. The maximum absolute atomic E-state index is 17.6. The SMILES string of the molecule is C#Cc1c(F)ccc2cc(O)cc(-c3c(C(C)(C)O)cc4c(N(C)C[C@H]5N(C(=O)C=C)CCC5(F)F)nc(OCC56CCCN5CCC6)nc4c3F)c12.